The van der Waals surface area contributed by atoms with Gasteiger partial charge in [0.1, 0.15) is 5.69 Å². The van der Waals surface area contributed by atoms with E-state index in [-0.39, 0.29) is 5.91 Å². The molecule has 1 N–H and O–H groups in total. The van der Waals surface area contributed by atoms with Gasteiger partial charge in [0, 0.05) is 23.7 Å². The first-order chi connectivity index (χ1) is 9.24. The van der Waals surface area contributed by atoms with Crippen LogP contribution in [0.15, 0.2) is 36.0 Å². The van der Waals surface area contributed by atoms with Crippen molar-refractivity contribution in [1.82, 2.24) is 19.9 Å². The highest BCUT2D eigenvalue weighted by molar-refractivity contribution is 7.09. The molecular formula is C13H12N4OS. The number of hydrogen-bond donors (Lipinski definition) is 1. The van der Waals surface area contributed by atoms with Crippen molar-refractivity contribution in [3.05, 3.63) is 52.2 Å². The van der Waals surface area contributed by atoms with Gasteiger partial charge in [-0.1, -0.05) is 6.07 Å². The number of fused-ring (bicyclic) bond motifs is 1. The first-order valence-electron chi connectivity index (χ1n) is 5.85. The number of hydrogen-bond acceptors (Lipinski definition) is 4. The quantitative estimate of drug-likeness (QED) is 0.793. The van der Waals surface area contributed by atoms with Gasteiger partial charge in [-0.3, -0.25) is 4.79 Å². The Bertz CT molecular complexity index is 731. The van der Waals surface area contributed by atoms with Crippen LogP contribution in [0.4, 0.5) is 0 Å². The van der Waals surface area contributed by atoms with Gasteiger partial charge in [0.25, 0.3) is 5.91 Å². The Balaban J connectivity index is 1.74. The van der Waals surface area contributed by atoms with Gasteiger partial charge in [0.2, 0.25) is 0 Å². The van der Waals surface area contributed by atoms with Crippen LogP contribution >= 0.6 is 11.3 Å². The second kappa shape index (κ2) is 4.81. The van der Waals surface area contributed by atoms with Crippen molar-refractivity contribution < 1.29 is 4.79 Å². The van der Waals surface area contributed by atoms with Crippen LogP contribution in [0.3, 0.4) is 0 Å². The number of thiazole rings is 1. The van der Waals surface area contributed by atoms with Crippen molar-refractivity contribution >= 4 is 22.8 Å². The molecule has 0 fully saturated rings. The van der Waals surface area contributed by atoms with E-state index in [1.165, 1.54) is 11.3 Å². The minimum absolute atomic E-state index is 0.153. The Hall–Kier alpha value is -2.21. The van der Waals surface area contributed by atoms with Crippen molar-refractivity contribution in [3.8, 4) is 0 Å². The summed E-state index contributed by atoms with van der Waals surface area (Å²) >= 11 is 1.47. The third kappa shape index (κ3) is 2.34. The van der Waals surface area contributed by atoms with Crippen LogP contribution in [0.1, 0.15) is 21.1 Å². The number of nitrogens with one attached hydrogen (secondary N) is 1. The van der Waals surface area contributed by atoms with E-state index in [0.717, 1.165) is 16.1 Å². The van der Waals surface area contributed by atoms with E-state index >= 15 is 0 Å². The SMILES string of the molecule is Cc1nc(C(=O)NCc2cnn3ccccc23)cs1. The summed E-state index contributed by atoms with van der Waals surface area (Å²) < 4.78 is 1.79. The third-order valence-electron chi connectivity index (χ3n) is 2.80. The Kier molecular flexibility index (Phi) is 3.00. The molecule has 19 heavy (non-hydrogen) atoms. The molecular weight excluding hydrogens is 260 g/mol. The average molecular weight is 272 g/mol. The Morgan fingerprint density at radius 3 is 3.16 bits per heavy atom. The summed E-state index contributed by atoms with van der Waals surface area (Å²) in [4.78, 5) is 16.1. The number of carbonyl (C=O) groups excluding carboxylic acids is 1. The molecule has 3 heterocycles. The van der Waals surface area contributed by atoms with Gasteiger partial charge in [0.05, 0.1) is 16.7 Å². The van der Waals surface area contributed by atoms with Gasteiger partial charge in [-0.15, -0.1) is 11.3 Å². The maximum absolute atomic E-state index is 11.9. The van der Waals surface area contributed by atoms with E-state index in [1.807, 2.05) is 31.3 Å². The van der Waals surface area contributed by atoms with Crippen molar-refractivity contribution in [2.45, 2.75) is 13.5 Å². The fraction of sp³-hybridized carbons (Fsp3) is 0.154. The average Bonchev–Trinajstić information content (AvgIpc) is 3.02. The Labute approximate surface area is 113 Å². The number of carbonyl (C=O) groups is 1. The van der Waals surface area contributed by atoms with Crippen molar-refractivity contribution in [2.75, 3.05) is 0 Å². The first-order valence-corrected chi connectivity index (χ1v) is 6.73. The summed E-state index contributed by atoms with van der Waals surface area (Å²) in [5, 5.41) is 9.74. The number of rotatable bonds is 3. The summed E-state index contributed by atoms with van der Waals surface area (Å²) in [5.74, 6) is -0.153. The van der Waals surface area contributed by atoms with Crippen LogP contribution in [0.25, 0.3) is 5.52 Å². The zero-order valence-electron chi connectivity index (χ0n) is 10.3. The fourth-order valence-electron chi connectivity index (χ4n) is 1.86. The molecule has 0 unspecified atom stereocenters. The van der Waals surface area contributed by atoms with Crippen LogP contribution in [0, 0.1) is 6.92 Å². The highest BCUT2D eigenvalue weighted by atomic mass is 32.1. The largest absolute Gasteiger partial charge is 0.346 e. The molecule has 3 aromatic rings. The predicted molar refractivity (Wildman–Crippen MR) is 73.2 cm³/mol. The molecule has 0 saturated heterocycles. The van der Waals surface area contributed by atoms with E-state index in [1.54, 1.807) is 16.1 Å². The number of pyridine rings is 1. The summed E-state index contributed by atoms with van der Waals surface area (Å²) in [6.45, 7) is 2.33. The standard InChI is InChI=1S/C13H12N4OS/c1-9-16-11(8-19-9)13(18)14-6-10-7-15-17-5-3-2-4-12(10)17/h2-5,7-8H,6H2,1H3,(H,14,18). The van der Waals surface area contributed by atoms with E-state index in [2.05, 4.69) is 15.4 Å². The van der Waals surface area contributed by atoms with Gasteiger partial charge in [-0.25, -0.2) is 9.50 Å². The van der Waals surface area contributed by atoms with Crippen LogP contribution in [0.2, 0.25) is 0 Å². The minimum Gasteiger partial charge on any atom is -0.346 e. The van der Waals surface area contributed by atoms with Crippen molar-refractivity contribution in [3.63, 3.8) is 0 Å². The van der Waals surface area contributed by atoms with E-state index in [4.69, 9.17) is 0 Å². The molecule has 0 radical (unpaired) electrons. The number of aromatic nitrogens is 3. The number of amides is 1. The molecule has 3 aromatic heterocycles. The lowest BCUT2D eigenvalue weighted by atomic mass is 10.2. The molecule has 0 spiro atoms. The molecule has 3 rings (SSSR count). The summed E-state index contributed by atoms with van der Waals surface area (Å²) in [6, 6.07) is 5.84. The topological polar surface area (TPSA) is 59.3 Å². The third-order valence-corrected chi connectivity index (χ3v) is 3.57. The van der Waals surface area contributed by atoms with Crippen molar-refractivity contribution in [1.29, 1.82) is 0 Å². The molecule has 0 aliphatic carbocycles. The molecule has 0 aliphatic rings. The van der Waals surface area contributed by atoms with Gasteiger partial charge in [0.15, 0.2) is 0 Å². The van der Waals surface area contributed by atoms with Crippen LogP contribution < -0.4 is 5.32 Å². The lowest BCUT2D eigenvalue weighted by Crippen LogP contribution is -2.23. The second-order valence-electron chi connectivity index (χ2n) is 4.13. The van der Waals surface area contributed by atoms with Crippen molar-refractivity contribution in [2.24, 2.45) is 0 Å². The summed E-state index contributed by atoms with van der Waals surface area (Å²) in [5.41, 5.74) is 2.46. The van der Waals surface area contributed by atoms with Gasteiger partial charge in [-0.2, -0.15) is 5.10 Å². The Morgan fingerprint density at radius 2 is 2.37 bits per heavy atom. The first kappa shape index (κ1) is 11.9. The highest BCUT2D eigenvalue weighted by Crippen LogP contribution is 2.11. The summed E-state index contributed by atoms with van der Waals surface area (Å²) in [7, 11) is 0. The van der Waals surface area contributed by atoms with Crippen LogP contribution in [-0.4, -0.2) is 20.5 Å². The zero-order chi connectivity index (χ0) is 13.2. The van der Waals surface area contributed by atoms with E-state index < -0.39 is 0 Å². The lowest BCUT2D eigenvalue weighted by molar-refractivity contribution is 0.0946. The monoisotopic (exact) mass is 272 g/mol. The van der Waals surface area contributed by atoms with Crippen LogP contribution in [-0.2, 0) is 6.54 Å². The molecule has 0 atom stereocenters. The molecule has 1 amide bonds. The molecule has 0 saturated carbocycles. The summed E-state index contributed by atoms with van der Waals surface area (Å²) in [6.07, 6.45) is 3.65. The van der Waals surface area contributed by atoms with E-state index in [0.29, 0.717) is 12.2 Å². The van der Waals surface area contributed by atoms with Gasteiger partial charge < -0.3 is 5.32 Å². The second-order valence-corrected chi connectivity index (χ2v) is 5.20. The lowest BCUT2D eigenvalue weighted by Gasteiger charge is -2.01. The molecule has 5 nitrogen and oxygen atoms in total. The van der Waals surface area contributed by atoms with Crippen LogP contribution in [0.5, 0.6) is 0 Å². The highest BCUT2D eigenvalue weighted by Gasteiger charge is 2.10. The van der Waals surface area contributed by atoms with E-state index in [9.17, 15) is 4.79 Å². The normalized spacial score (nSPS) is 10.8. The fourth-order valence-corrected chi connectivity index (χ4v) is 2.45. The van der Waals surface area contributed by atoms with Gasteiger partial charge >= 0.3 is 0 Å². The Morgan fingerprint density at radius 1 is 1.47 bits per heavy atom. The molecule has 0 aliphatic heterocycles. The zero-order valence-corrected chi connectivity index (χ0v) is 11.1. The molecule has 0 aromatic carbocycles. The number of aryl methyl sites for hydroxylation is 1. The maximum atomic E-state index is 11.9. The smallest absolute Gasteiger partial charge is 0.271 e. The number of nitrogens with zero attached hydrogens (tertiary/aromatic N) is 3. The van der Waals surface area contributed by atoms with Gasteiger partial charge in [-0.05, 0) is 19.1 Å². The predicted octanol–water partition coefficient (Wildman–Crippen LogP) is 2.03. The molecule has 0 bridgehead atoms. The minimum atomic E-state index is -0.153. The molecule has 6 heteroatoms. The maximum Gasteiger partial charge on any atom is 0.271 e. The molecule has 96 valence electrons.